The molecule has 3 aromatic rings. The number of anilines is 2. The van der Waals surface area contributed by atoms with Crippen LogP contribution in [0, 0.1) is 0 Å². The Morgan fingerprint density at radius 3 is 2.43 bits per heavy atom. The van der Waals surface area contributed by atoms with E-state index in [0.29, 0.717) is 10.9 Å². The Kier molecular flexibility index (Phi) is 6.71. The van der Waals surface area contributed by atoms with Crippen molar-refractivity contribution >= 4 is 61.3 Å². The number of hydrogen-bond donors (Lipinski definition) is 2. The van der Waals surface area contributed by atoms with Crippen molar-refractivity contribution in [2.24, 2.45) is 0 Å². The lowest BCUT2D eigenvalue weighted by atomic mass is 10.2. The molecule has 0 spiro atoms. The molecule has 0 atom stereocenters. The van der Waals surface area contributed by atoms with Gasteiger partial charge in [0.1, 0.15) is 16.4 Å². The first kappa shape index (κ1) is 22.2. The van der Waals surface area contributed by atoms with Crippen molar-refractivity contribution in [1.82, 2.24) is 4.98 Å². The summed E-state index contributed by atoms with van der Waals surface area (Å²) in [5.41, 5.74) is 0.173. The van der Waals surface area contributed by atoms with E-state index in [2.05, 4.69) is 15.0 Å². The van der Waals surface area contributed by atoms with Crippen LogP contribution in [0.25, 0.3) is 0 Å². The maximum Gasteiger partial charge on any atom is 0.263 e. The Hall–Kier alpha value is -2.53. The number of ether oxygens (including phenoxy) is 2. The standard InChI is InChI=1S/C18H15Cl2N3O5S2/c1-27-14-9-15(28-2)13(8-12(14)20)23-30(25,26)16-7-10(3-4-11(16)19)17(24)22-18-21-5-6-29-18/h3-9,23H,1-2H3,(H,21,22,24). The van der Waals surface area contributed by atoms with Crippen LogP contribution < -0.4 is 19.5 Å². The minimum absolute atomic E-state index is 0.0631. The minimum Gasteiger partial charge on any atom is -0.495 e. The van der Waals surface area contributed by atoms with E-state index in [0.717, 1.165) is 0 Å². The number of carbonyl (C=O) groups is 1. The zero-order chi connectivity index (χ0) is 21.9. The third kappa shape index (κ3) is 4.78. The number of benzene rings is 2. The summed E-state index contributed by atoms with van der Waals surface area (Å²) in [4.78, 5) is 16.1. The van der Waals surface area contributed by atoms with Crippen LogP contribution >= 0.6 is 34.5 Å². The molecule has 158 valence electrons. The first-order valence-corrected chi connectivity index (χ1v) is 11.3. The number of amides is 1. The molecule has 0 aliphatic carbocycles. The number of nitrogens with one attached hydrogen (secondary N) is 2. The van der Waals surface area contributed by atoms with E-state index in [4.69, 9.17) is 32.7 Å². The summed E-state index contributed by atoms with van der Waals surface area (Å²) in [6.45, 7) is 0. The molecule has 2 N–H and O–H groups in total. The van der Waals surface area contributed by atoms with E-state index in [1.54, 1.807) is 5.38 Å². The molecule has 2 aromatic carbocycles. The number of carbonyl (C=O) groups excluding carboxylic acids is 1. The molecule has 3 rings (SSSR count). The van der Waals surface area contributed by atoms with Gasteiger partial charge in [0.2, 0.25) is 0 Å². The molecule has 0 fully saturated rings. The molecule has 0 bridgehead atoms. The molecular weight excluding hydrogens is 473 g/mol. The summed E-state index contributed by atoms with van der Waals surface area (Å²) in [6, 6.07) is 6.70. The van der Waals surface area contributed by atoms with Crippen LogP contribution in [0.15, 0.2) is 46.8 Å². The smallest absolute Gasteiger partial charge is 0.263 e. The Bertz CT molecular complexity index is 1180. The molecule has 1 heterocycles. The SMILES string of the molecule is COc1cc(OC)c(NS(=O)(=O)c2cc(C(=O)Nc3nccs3)ccc2Cl)cc1Cl. The van der Waals surface area contributed by atoms with Crippen LogP contribution in [0.2, 0.25) is 10.0 Å². The van der Waals surface area contributed by atoms with Crippen molar-refractivity contribution in [3.63, 3.8) is 0 Å². The highest BCUT2D eigenvalue weighted by Crippen LogP contribution is 2.37. The van der Waals surface area contributed by atoms with Gasteiger partial charge < -0.3 is 9.47 Å². The molecule has 0 unspecified atom stereocenters. The molecule has 30 heavy (non-hydrogen) atoms. The number of rotatable bonds is 7. The highest BCUT2D eigenvalue weighted by molar-refractivity contribution is 7.92. The van der Waals surface area contributed by atoms with Crippen molar-refractivity contribution in [2.45, 2.75) is 4.90 Å². The van der Waals surface area contributed by atoms with E-state index in [-0.39, 0.29) is 31.9 Å². The molecule has 1 amide bonds. The first-order valence-electron chi connectivity index (χ1n) is 8.20. The van der Waals surface area contributed by atoms with Crippen LogP contribution in [0.3, 0.4) is 0 Å². The third-order valence-corrected chi connectivity index (χ3v) is 6.68. The van der Waals surface area contributed by atoms with Gasteiger partial charge in [0, 0.05) is 23.2 Å². The molecule has 0 radical (unpaired) electrons. The summed E-state index contributed by atoms with van der Waals surface area (Å²) in [5.74, 6) is -0.0212. The second-order valence-electron chi connectivity index (χ2n) is 5.73. The fourth-order valence-corrected chi connectivity index (χ4v) is 4.80. The Morgan fingerprint density at radius 1 is 1.07 bits per heavy atom. The summed E-state index contributed by atoms with van der Waals surface area (Å²) in [5, 5.41) is 4.78. The van der Waals surface area contributed by atoms with Crippen LogP contribution in [-0.2, 0) is 10.0 Å². The third-order valence-electron chi connectivity index (χ3n) is 3.85. The van der Waals surface area contributed by atoms with Gasteiger partial charge in [0.25, 0.3) is 15.9 Å². The first-order chi connectivity index (χ1) is 14.2. The Balaban J connectivity index is 1.94. The number of aromatic nitrogens is 1. The second kappa shape index (κ2) is 9.09. The van der Waals surface area contributed by atoms with Gasteiger partial charge in [0.05, 0.1) is 30.0 Å². The summed E-state index contributed by atoms with van der Waals surface area (Å²) in [6.07, 6.45) is 1.54. The summed E-state index contributed by atoms with van der Waals surface area (Å²) in [7, 11) is -1.39. The minimum atomic E-state index is -4.19. The van der Waals surface area contributed by atoms with E-state index >= 15 is 0 Å². The summed E-state index contributed by atoms with van der Waals surface area (Å²) >= 11 is 13.4. The topological polar surface area (TPSA) is 107 Å². The number of methoxy groups -OCH3 is 2. The van der Waals surface area contributed by atoms with Gasteiger partial charge in [-0.1, -0.05) is 23.2 Å². The Labute approximate surface area is 186 Å². The van der Waals surface area contributed by atoms with Gasteiger partial charge in [-0.25, -0.2) is 13.4 Å². The maximum absolute atomic E-state index is 13.0. The predicted octanol–water partition coefficient (Wildman–Crippen LogP) is 4.52. The van der Waals surface area contributed by atoms with Crippen molar-refractivity contribution in [1.29, 1.82) is 0 Å². The van der Waals surface area contributed by atoms with Gasteiger partial charge in [0.15, 0.2) is 5.13 Å². The van der Waals surface area contributed by atoms with Gasteiger partial charge in [-0.15, -0.1) is 11.3 Å². The maximum atomic E-state index is 13.0. The van der Waals surface area contributed by atoms with Crippen molar-refractivity contribution in [3.8, 4) is 11.5 Å². The summed E-state index contributed by atoms with van der Waals surface area (Å²) < 4.78 is 38.7. The lowest BCUT2D eigenvalue weighted by molar-refractivity contribution is 0.102. The normalized spacial score (nSPS) is 11.1. The second-order valence-corrected chi connectivity index (χ2v) is 9.09. The molecule has 0 saturated heterocycles. The lowest BCUT2D eigenvalue weighted by Gasteiger charge is -2.15. The number of thiazole rings is 1. The number of hydrogen-bond acceptors (Lipinski definition) is 7. The molecule has 0 aliphatic heterocycles. The van der Waals surface area contributed by atoms with Crippen LogP contribution in [0.4, 0.5) is 10.8 Å². The van der Waals surface area contributed by atoms with Crippen LogP contribution in [0.5, 0.6) is 11.5 Å². The van der Waals surface area contributed by atoms with Crippen LogP contribution in [-0.4, -0.2) is 33.5 Å². The van der Waals surface area contributed by atoms with Crippen molar-refractivity contribution in [3.05, 3.63) is 57.5 Å². The lowest BCUT2D eigenvalue weighted by Crippen LogP contribution is -2.17. The molecule has 8 nitrogen and oxygen atoms in total. The van der Waals surface area contributed by atoms with Gasteiger partial charge in [-0.3, -0.25) is 14.8 Å². The van der Waals surface area contributed by atoms with E-state index in [1.807, 2.05) is 0 Å². The molecule has 12 heteroatoms. The number of halogens is 2. The van der Waals surface area contributed by atoms with Crippen molar-refractivity contribution in [2.75, 3.05) is 24.3 Å². The predicted molar refractivity (Wildman–Crippen MR) is 117 cm³/mol. The van der Waals surface area contributed by atoms with Crippen LogP contribution in [0.1, 0.15) is 10.4 Å². The zero-order valence-electron chi connectivity index (χ0n) is 15.6. The largest absolute Gasteiger partial charge is 0.495 e. The van der Waals surface area contributed by atoms with Gasteiger partial charge in [-0.2, -0.15) is 0 Å². The zero-order valence-corrected chi connectivity index (χ0v) is 18.7. The molecular formula is C18H15Cl2N3O5S2. The monoisotopic (exact) mass is 487 g/mol. The van der Waals surface area contributed by atoms with Crippen molar-refractivity contribution < 1.29 is 22.7 Å². The highest BCUT2D eigenvalue weighted by atomic mass is 35.5. The molecule has 0 saturated carbocycles. The number of sulfonamides is 1. The molecule has 1 aromatic heterocycles. The van der Waals surface area contributed by atoms with Gasteiger partial charge in [-0.05, 0) is 24.3 Å². The fraction of sp³-hybridized carbons (Fsp3) is 0.111. The Morgan fingerprint density at radius 2 is 1.80 bits per heavy atom. The highest BCUT2D eigenvalue weighted by Gasteiger charge is 2.23. The quantitative estimate of drug-likeness (QED) is 0.507. The fourth-order valence-electron chi connectivity index (χ4n) is 2.44. The van der Waals surface area contributed by atoms with E-state index < -0.39 is 15.9 Å². The van der Waals surface area contributed by atoms with E-state index in [1.165, 1.54) is 62.1 Å². The average Bonchev–Trinajstić information content (AvgIpc) is 3.21. The average molecular weight is 488 g/mol. The number of nitrogens with zero attached hydrogens (tertiary/aromatic N) is 1. The van der Waals surface area contributed by atoms with Gasteiger partial charge >= 0.3 is 0 Å². The molecule has 0 aliphatic rings. The van der Waals surface area contributed by atoms with E-state index in [9.17, 15) is 13.2 Å².